The largest absolute Gasteiger partial charge is 0.492 e. The maximum atomic E-state index is 6.27. The summed E-state index contributed by atoms with van der Waals surface area (Å²) >= 11 is 0. The molecule has 0 saturated carbocycles. The van der Waals surface area contributed by atoms with Crippen molar-refractivity contribution in [1.82, 2.24) is 0 Å². The number of methoxy groups -OCH3 is 1. The highest BCUT2D eigenvalue weighted by atomic mass is 16.5. The molecule has 162 valence electrons. The van der Waals surface area contributed by atoms with Gasteiger partial charge in [0.15, 0.2) is 11.5 Å². The van der Waals surface area contributed by atoms with Crippen molar-refractivity contribution in [2.45, 2.75) is 93.3 Å². The van der Waals surface area contributed by atoms with Gasteiger partial charge in [0.1, 0.15) is 0 Å². The predicted octanol–water partition coefficient (Wildman–Crippen LogP) is 7.54. The second-order valence-corrected chi connectivity index (χ2v) is 9.60. The molecular formula is C26H40O3. The molecule has 0 aromatic heterocycles. The summed E-state index contributed by atoms with van der Waals surface area (Å²) in [7, 11) is 1.72. The Kier molecular flexibility index (Phi) is 7.48. The minimum absolute atomic E-state index is 0.0223. The van der Waals surface area contributed by atoms with E-state index in [1.165, 1.54) is 11.1 Å². The van der Waals surface area contributed by atoms with Crippen LogP contribution in [0.4, 0.5) is 0 Å². The third-order valence-electron chi connectivity index (χ3n) is 5.45. The molecule has 3 nitrogen and oxygen atoms in total. The number of hydrogen-bond donors (Lipinski definition) is 0. The quantitative estimate of drug-likeness (QED) is 0.473. The molecule has 0 radical (unpaired) electrons. The third kappa shape index (κ3) is 5.38. The van der Waals surface area contributed by atoms with Crippen LogP contribution < -0.4 is 14.2 Å². The molecule has 29 heavy (non-hydrogen) atoms. The lowest BCUT2D eigenvalue weighted by Gasteiger charge is -2.33. The summed E-state index contributed by atoms with van der Waals surface area (Å²) in [4.78, 5) is 0. The molecule has 1 aromatic carbocycles. The van der Waals surface area contributed by atoms with Gasteiger partial charge >= 0.3 is 0 Å². The van der Waals surface area contributed by atoms with Gasteiger partial charge < -0.3 is 14.2 Å². The topological polar surface area (TPSA) is 27.7 Å². The average molecular weight is 401 g/mol. The Labute approximate surface area is 178 Å². The molecule has 0 heterocycles. The van der Waals surface area contributed by atoms with Crippen LogP contribution in [0.25, 0.3) is 6.08 Å². The standard InChI is InChI=1S/C26H40O3/c1-16(2)21-14-20(15-22-19(7)12-11-13-26(22,8)9)23(27-10)25(29-18(5)6)24(21)28-17(3)4/h12,14-18H,11,13H2,1-10H3/b22-15+. The van der Waals surface area contributed by atoms with E-state index in [1.54, 1.807) is 7.11 Å². The summed E-state index contributed by atoms with van der Waals surface area (Å²) in [5, 5.41) is 0. The number of rotatable bonds is 7. The second kappa shape index (κ2) is 9.28. The highest BCUT2D eigenvalue weighted by Crippen LogP contribution is 2.49. The van der Waals surface area contributed by atoms with Crippen LogP contribution in [0.1, 0.15) is 92.2 Å². The van der Waals surface area contributed by atoms with Gasteiger partial charge in [-0.2, -0.15) is 0 Å². The number of ether oxygens (including phenoxy) is 3. The molecule has 2 rings (SSSR count). The summed E-state index contributed by atoms with van der Waals surface area (Å²) in [5.74, 6) is 2.57. The minimum atomic E-state index is 0.0223. The first-order valence-corrected chi connectivity index (χ1v) is 10.9. The fraction of sp³-hybridized carbons (Fsp3) is 0.615. The zero-order valence-corrected chi connectivity index (χ0v) is 20.1. The summed E-state index contributed by atoms with van der Waals surface area (Å²) in [5.41, 5.74) is 5.06. The molecule has 0 bridgehead atoms. The summed E-state index contributed by atoms with van der Waals surface area (Å²) in [6, 6.07) is 2.22. The van der Waals surface area contributed by atoms with Crippen LogP contribution >= 0.6 is 0 Å². The normalized spacial score (nSPS) is 17.8. The van der Waals surface area contributed by atoms with E-state index in [-0.39, 0.29) is 17.6 Å². The summed E-state index contributed by atoms with van der Waals surface area (Å²) in [6.07, 6.45) is 7.00. The van der Waals surface area contributed by atoms with Gasteiger partial charge in [0.2, 0.25) is 5.75 Å². The Balaban J connectivity index is 2.81. The fourth-order valence-corrected chi connectivity index (χ4v) is 4.00. The molecule has 1 aromatic rings. The number of allylic oxidation sites excluding steroid dienone is 3. The van der Waals surface area contributed by atoms with Gasteiger partial charge in [-0.05, 0) is 76.5 Å². The van der Waals surface area contributed by atoms with Crippen molar-refractivity contribution in [3.63, 3.8) is 0 Å². The third-order valence-corrected chi connectivity index (χ3v) is 5.45. The summed E-state index contributed by atoms with van der Waals surface area (Å²) < 4.78 is 18.4. The second-order valence-electron chi connectivity index (χ2n) is 9.60. The smallest absolute Gasteiger partial charge is 0.204 e. The lowest BCUT2D eigenvalue weighted by atomic mass is 9.72. The van der Waals surface area contributed by atoms with Crippen molar-refractivity contribution >= 4 is 6.08 Å². The van der Waals surface area contributed by atoms with E-state index in [9.17, 15) is 0 Å². The van der Waals surface area contributed by atoms with Crippen LogP contribution in [0.15, 0.2) is 23.3 Å². The van der Waals surface area contributed by atoms with E-state index >= 15 is 0 Å². The van der Waals surface area contributed by atoms with Crippen molar-refractivity contribution in [2.75, 3.05) is 7.11 Å². The van der Waals surface area contributed by atoms with E-state index in [0.717, 1.165) is 35.5 Å². The van der Waals surface area contributed by atoms with Crippen molar-refractivity contribution < 1.29 is 14.2 Å². The highest BCUT2D eigenvalue weighted by molar-refractivity contribution is 5.73. The van der Waals surface area contributed by atoms with Crippen LogP contribution in [-0.4, -0.2) is 19.3 Å². The van der Waals surface area contributed by atoms with Crippen LogP contribution in [0.5, 0.6) is 17.2 Å². The van der Waals surface area contributed by atoms with E-state index in [4.69, 9.17) is 14.2 Å². The number of benzene rings is 1. The minimum Gasteiger partial charge on any atom is -0.492 e. The molecule has 3 heteroatoms. The van der Waals surface area contributed by atoms with Crippen LogP contribution in [0.3, 0.4) is 0 Å². The van der Waals surface area contributed by atoms with Gasteiger partial charge in [-0.3, -0.25) is 0 Å². The molecule has 0 atom stereocenters. The lowest BCUT2D eigenvalue weighted by molar-refractivity contribution is 0.189. The van der Waals surface area contributed by atoms with Crippen molar-refractivity contribution in [2.24, 2.45) is 5.41 Å². The van der Waals surface area contributed by atoms with Gasteiger partial charge in [-0.15, -0.1) is 0 Å². The van der Waals surface area contributed by atoms with E-state index in [2.05, 4.69) is 52.8 Å². The maximum absolute atomic E-state index is 6.27. The molecule has 0 saturated heterocycles. The molecule has 0 aliphatic heterocycles. The van der Waals surface area contributed by atoms with Gasteiger partial charge in [0, 0.05) is 11.1 Å². The lowest BCUT2D eigenvalue weighted by Crippen LogP contribution is -2.19. The van der Waals surface area contributed by atoms with Crippen molar-refractivity contribution in [3.05, 3.63) is 34.4 Å². The number of hydrogen-bond acceptors (Lipinski definition) is 3. The molecule has 0 fully saturated rings. The zero-order chi connectivity index (χ0) is 21.9. The van der Waals surface area contributed by atoms with Gasteiger partial charge in [0.25, 0.3) is 0 Å². The van der Waals surface area contributed by atoms with E-state index < -0.39 is 0 Å². The monoisotopic (exact) mass is 400 g/mol. The molecular weight excluding hydrogens is 360 g/mol. The molecule has 0 spiro atoms. The first kappa shape index (κ1) is 23.4. The Morgan fingerprint density at radius 2 is 1.52 bits per heavy atom. The SMILES string of the molecule is COc1c(/C=C2\C(C)=CCCC2(C)C)cc(C(C)C)c(OC(C)C)c1OC(C)C. The molecule has 0 unspecified atom stereocenters. The first-order chi connectivity index (χ1) is 13.5. The van der Waals surface area contributed by atoms with Crippen LogP contribution in [-0.2, 0) is 0 Å². The van der Waals surface area contributed by atoms with E-state index in [1.807, 2.05) is 27.7 Å². The predicted molar refractivity (Wildman–Crippen MR) is 123 cm³/mol. The maximum Gasteiger partial charge on any atom is 0.204 e. The fourth-order valence-electron chi connectivity index (χ4n) is 4.00. The summed E-state index contributed by atoms with van der Waals surface area (Å²) in [6.45, 7) is 19.4. The first-order valence-electron chi connectivity index (χ1n) is 10.9. The van der Waals surface area contributed by atoms with E-state index in [0.29, 0.717) is 11.7 Å². The van der Waals surface area contributed by atoms with Crippen molar-refractivity contribution in [1.29, 1.82) is 0 Å². The highest BCUT2D eigenvalue weighted by Gasteiger charge is 2.29. The zero-order valence-electron chi connectivity index (χ0n) is 20.1. The van der Waals surface area contributed by atoms with Crippen LogP contribution in [0.2, 0.25) is 0 Å². The molecule has 1 aliphatic carbocycles. The van der Waals surface area contributed by atoms with Gasteiger partial charge in [-0.1, -0.05) is 39.3 Å². The Hall–Kier alpha value is -1.90. The molecule has 1 aliphatic rings. The average Bonchev–Trinajstić information content (AvgIpc) is 2.58. The Bertz CT molecular complexity index is 780. The van der Waals surface area contributed by atoms with Crippen molar-refractivity contribution in [3.8, 4) is 17.2 Å². The molecule has 0 N–H and O–H groups in total. The van der Waals surface area contributed by atoms with Gasteiger partial charge in [0.05, 0.1) is 19.3 Å². The Morgan fingerprint density at radius 3 is 2.00 bits per heavy atom. The van der Waals surface area contributed by atoms with Gasteiger partial charge in [-0.25, -0.2) is 0 Å². The van der Waals surface area contributed by atoms with Crippen LogP contribution in [0, 0.1) is 5.41 Å². The molecule has 0 amide bonds. The Morgan fingerprint density at radius 1 is 0.931 bits per heavy atom.